The molecule has 0 aromatic carbocycles. The maximum absolute atomic E-state index is 11.8. The van der Waals surface area contributed by atoms with E-state index >= 15 is 0 Å². The molecule has 0 N–H and O–H groups in total. The number of carbonyl (C=O) groups is 1. The molecular formula is C20H31N5O. The van der Waals surface area contributed by atoms with E-state index in [0.717, 1.165) is 82.0 Å². The van der Waals surface area contributed by atoms with Crippen molar-refractivity contribution in [3.8, 4) is 0 Å². The van der Waals surface area contributed by atoms with Gasteiger partial charge in [-0.15, -0.1) is 0 Å². The smallest absolute Gasteiger partial charge is 0.222 e. The fourth-order valence-electron chi connectivity index (χ4n) is 4.59. The molecule has 4 heterocycles. The van der Waals surface area contributed by atoms with Gasteiger partial charge in [-0.2, -0.15) is 0 Å². The maximum Gasteiger partial charge on any atom is 0.222 e. The van der Waals surface area contributed by atoms with E-state index in [1.165, 1.54) is 0 Å². The summed E-state index contributed by atoms with van der Waals surface area (Å²) in [6.45, 7) is 14.0. The van der Waals surface area contributed by atoms with E-state index in [-0.39, 0.29) is 5.41 Å². The summed E-state index contributed by atoms with van der Waals surface area (Å²) < 4.78 is 0. The Balaban J connectivity index is 1.32. The zero-order chi connectivity index (χ0) is 18.3. The van der Waals surface area contributed by atoms with Gasteiger partial charge in [0.25, 0.3) is 0 Å². The second-order valence-corrected chi connectivity index (χ2v) is 9.18. The topological polar surface area (TPSA) is 52.6 Å². The van der Waals surface area contributed by atoms with Crippen molar-refractivity contribution in [2.45, 2.75) is 39.0 Å². The standard InChI is InChI=1S/C20H31N5O/c1-20(2,3)17-9-18(22-14-21-17)25-12-15-10-23(11-16(15)13-25)7-8-24-6-4-5-19(24)26/h9,14-16H,4-8,10-13H2,1-3H3. The van der Waals surface area contributed by atoms with Gasteiger partial charge in [-0.05, 0) is 18.3 Å². The average molecular weight is 358 g/mol. The highest BCUT2D eigenvalue weighted by molar-refractivity contribution is 5.78. The summed E-state index contributed by atoms with van der Waals surface area (Å²) in [6.07, 6.45) is 3.49. The number of carbonyl (C=O) groups excluding carboxylic acids is 1. The molecule has 3 aliphatic rings. The number of hydrogen-bond acceptors (Lipinski definition) is 5. The minimum Gasteiger partial charge on any atom is -0.356 e. The zero-order valence-electron chi connectivity index (χ0n) is 16.3. The second-order valence-electron chi connectivity index (χ2n) is 9.18. The summed E-state index contributed by atoms with van der Waals surface area (Å²) in [4.78, 5) is 27.8. The Morgan fingerprint density at radius 3 is 2.42 bits per heavy atom. The van der Waals surface area contributed by atoms with Crippen molar-refractivity contribution >= 4 is 11.7 Å². The molecule has 1 amide bonds. The average Bonchev–Trinajstić information content (AvgIpc) is 3.26. The molecule has 6 nitrogen and oxygen atoms in total. The number of nitrogens with zero attached hydrogens (tertiary/aromatic N) is 5. The van der Waals surface area contributed by atoms with Crippen LogP contribution in [-0.2, 0) is 10.2 Å². The first-order chi connectivity index (χ1) is 12.4. The molecule has 0 spiro atoms. The molecular weight excluding hydrogens is 326 g/mol. The van der Waals surface area contributed by atoms with E-state index in [0.29, 0.717) is 5.91 Å². The molecule has 1 aromatic rings. The number of fused-ring (bicyclic) bond motifs is 1. The summed E-state index contributed by atoms with van der Waals surface area (Å²) in [5, 5.41) is 0. The van der Waals surface area contributed by atoms with Crippen LogP contribution in [0, 0.1) is 11.8 Å². The van der Waals surface area contributed by atoms with E-state index < -0.39 is 0 Å². The molecule has 6 heteroatoms. The van der Waals surface area contributed by atoms with Crippen molar-refractivity contribution < 1.29 is 4.79 Å². The fourth-order valence-corrected chi connectivity index (χ4v) is 4.59. The largest absolute Gasteiger partial charge is 0.356 e. The van der Waals surface area contributed by atoms with Crippen molar-refractivity contribution in [3.63, 3.8) is 0 Å². The van der Waals surface area contributed by atoms with Gasteiger partial charge in [0, 0.05) is 63.7 Å². The van der Waals surface area contributed by atoms with Crippen LogP contribution >= 0.6 is 0 Å². The summed E-state index contributed by atoms with van der Waals surface area (Å²) in [5.74, 6) is 2.86. The lowest BCUT2D eigenvalue weighted by atomic mass is 9.92. The van der Waals surface area contributed by atoms with Gasteiger partial charge in [0.15, 0.2) is 0 Å². The maximum atomic E-state index is 11.8. The van der Waals surface area contributed by atoms with Crippen molar-refractivity contribution in [1.29, 1.82) is 0 Å². The van der Waals surface area contributed by atoms with Gasteiger partial charge in [-0.25, -0.2) is 9.97 Å². The van der Waals surface area contributed by atoms with E-state index in [9.17, 15) is 4.79 Å². The van der Waals surface area contributed by atoms with Crippen molar-refractivity contribution in [1.82, 2.24) is 19.8 Å². The van der Waals surface area contributed by atoms with Gasteiger partial charge >= 0.3 is 0 Å². The third kappa shape index (κ3) is 3.56. The molecule has 26 heavy (non-hydrogen) atoms. The number of amides is 1. The predicted octanol–water partition coefficient (Wildman–Crippen LogP) is 1.76. The van der Waals surface area contributed by atoms with Crippen LogP contribution in [-0.4, -0.2) is 71.5 Å². The number of aromatic nitrogens is 2. The minimum absolute atomic E-state index is 0.0527. The highest BCUT2D eigenvalue weighted by atomic mass is 16.2. The zero-order valence-corrected chi connectivity index (χ0v) is 16.3. The lowest BCUT2D eigenvalue weighted by molar-refractivity contribution is -0.127. The molecule has 0 aliphatic carbocycles. The number of likely N-dealkylation sites (tertiary alicyclic amines) is 2. The molecule has 3 aliphatic heterocycles. The van der Waals surface area contributed by atoms with Gasteiger partial charge in [0.2, 0.25) is 5.91 Å². The SMILES string of the molecule is CC(C)(C)c1cc(N2CC3CN(CCN4CCCC4=O)CC3C2)ncn1. The molecule has 3 fully saturated rings. The van der Waals surface area contributed by atoms with E-state index in [2.05, 4.69) is 46.6 Å². The molecule has 4 rings (SSSR count). The summed E-state index contributed by atoms with van der Waals surface area (Å²) >= 11 is 0. The van der Waals surface area contributed by atoms with Gasteiger partial charge in [0.05, 0.1) is 5.69 Å². The quantitative estimate of drug-likeness (QED) is 0.822. The molecule has 0 bridgehead atoms. The summed E-state index contributed by atoms with van der Waals surface area (Å²) in [7, 11) is 0. The number of hydrogen-bond donors (Lipinski definition) is 0. The van der Waals surface area contributed by atoms with Crippen LogP contribution in [0.2, 0.25) is 0 Å². The normalized spacial score (nSPS) is 26.8. The monoisotopic (exact) mass is 357 g/mol. The van der Waals surface area contributed by atoms with E-state index in [4.69, 9.17) is 0 Å². The Hall–Kier alpha value is -1.69. The molecule has 2 atom stereocenters. The van der Waals surface area contributed by atoms with Crippen LogP contribution in [0.5, 0.6) is 0 Å². The Kier molecular flexibility index (Phi) is 4.63. The van der Waals surface area contributed by atoms with Crippen LogP contribution in [0.1, 0.15) is 39.3 Å². The lowest BCUT2D eigenvalue weighted by Gasteiger charge is -2.25. The van der Waals surface area contributed by atoms with Crippen molar-refractivity contribution in [2.24, 2.45) is 11.8 Å². The fraction of sp³-hybridized carbons (Fsp3) is 0.750. The van der Waals surface area contributed by atoms with Crippen molar-refractivity contribution in [2.75, 3.05) is 50.7 Å². The summed E-state index contributed by atoms with van der Waals surface area (Å²) in [6, 6.07) is 2.16. The molecule has 1 aromatic heterocycles. The Morgan fingerprint density at radius 2 is 1.81 bits per heavy atom. The first-order valence-corrected chi connectivity index (χ1v) is 9.98. The number of anilines is 1. The number of rotatable bonds is 4. The lowest BCUT2D eigenvalue weighted by Crippen LogP contribution is -2.36. The first kappa shape index (κ1) is 17.7. The van der Waals surface area contributed by atoms with Crippen LogP contribution in [0.4, 0.5) is 5.82 Å². The molecule has 2 unspecified atom stereocenters. The molecule has 0 radical (unpaired) electrons. The van der Waals surface area contributed by atoms with E-state index in [1.807, 2.05) is 4.90 Å². The highest BCUT2D eigenvalue weighted by Crippen LogP contribution is 2.34. The third-order valence-electron chi connectivity index (χ3n) is 6.16. The van der Waals surface area contributed by atoms with Crippen LogP contribution in [0.3, 0.4) is 0 Å². The molecule has 3 saturated heterocycles. The highest BCUT2D eigenvalue weighted by Gasteiger charge is 2.40. The van der Waals surface area contributed by atoms with Crippen molar-refractivity contribution in [3.05, 3.63) is 18.1 Å². The van der Waals surface area contributed by atoms with Crippen LogP contribution < -0.4 is 4.90 Å². The Bertz CT molecular complexity index is 656. The molecule has 142 valence electrons. The second kappa shape index (κ2) is 6.80. The van der Waals surface area contributed by atoms with Gasteiger partial charge in [-0.1, -0.05) is 20.8 Å². The predicted molar refractivity (Wildman–Crippen MR) is 102 cm³/mol. The summed E-state index contributed by atoms with van der Waals surface area (Å²) in [5.41, 5.74) is 1.16. The molecule has 0 saturated carbocycles. The Morgan fingerprint density at radius 1 is 1.08 bits per heavy atom. The van der Waals surface area contributed by atoms with Crippen LogP contribution in [0.25, 0.3) is 0 Å². The van der Waals surface area contributed by atoms with Crippen LogP contribution in [0.15, 0.2) is 12.4 Å². The Labute approximate surface area is 156 Å². The van der Waals surface area contributed by atoms with Gasteiger partial charge in [0.1, 0.15) is 12.1 Å². The first-order valence-electron chi connectivity index (χ1n) is 9.98. The van der Waals surface area contributed by atoms with E-state index in [1.54, 1.807) is 6.33 Å². The minimum atomic E-state index is 0.0527. The van der Waals surface area contributed by atoms with Gasteiger partial charge < -0.3 is 14.7 Å². The van der Waals surface area contributed by atoms with Gasteiger partial charge in [-0.3, -0.25) is 4.79 Å². The third-order valence-corrected chi connectivity index (χ3v) is 6.16.